The molecule has 0 saturated heterocycles. The zero-order valence-electron chi connectivity index (χ0n) is 7.88. The van der Waals surface area contributed by atoms with Gasteiger partial charge in [0.1, 0.15) is 0 Å². The maximum Gasteiger partial charge on any atom is 0.211 e. The van der Waals surface area contributed by atoms with Gasteiger partial charge in [-0.05, 0) is 6.42 Å². The van der Waals surface area contributed by atoms with Gasteiger partial charge in [-0.3, -0.25) is 0 Å². The smallest absolute Gasteiger partial charge is 0.211 e. The van der Waals surface area contributed by atoms with Crippen LogP contribution < -0.4 is 22.9 Å². The molecule has 0 atom stereocenters. The molecule has 0 unspecified atom stereocenters. The highest BCUT2D eigenvalue weighted by molar-refractivity contribution is 6.30. The lowest BCUT2D eigenvalue weighted by atomic mass is 10.3. The summed E-state index contributed by atoms with van der Waals surface area (Å²) in [6.45, 7) is 1.86. The van der Waals surface area contributed by atoms with Gasteiger partial charge in [0.15, 0.2) is 0 Å². The molecule has 0 aromatic carbocycles. The van der Waals surface area contributed by atoms with Crippen LogP contribution in [0.2, 0.25) is 0 Å². The van der Waals surface area contributed by atoms with Gasteiger partial charge in [-0.15, -0.1) is 10.2 Å². The number of guanidine groups is 2. The van der Waals surface area contributed by atoms with Gasteiger partial charge in [-0.1, -0.05) is 6.92 Å². The summed E-state index contributed by atoms with van der Waals surface area (Å²) in [5, 5.41) is 14.1. The predicted octanol–water partition coefficient (Wildman–Crippen LogP) is -1.71. The SMILES string of the molecule is CCC(/C=N\N=C(N)N)=N/N=C(N)N. The van der Waals surface area contributed by atoms with E-state index in [1.807, 2.05) is 6.92 Å². The summed E-state index contributed by atoms with van der Waals surface area (Å²) in [5.74, 6) is -0.246. The minimum absolute atomic E-state index is 0.119. The Morgan fingerprint density at radius 2 is 1.57 bits per heavy atom. The molecule has 8 heteroatoms. The molecule has 0 spiro atoms. The molecule has 0 aliphatic carbocycles. The van der Waals surface area contributed by atoms with Crippen molar-refractivity contribution < 1.29 is 0 Å². The van der Waals surface area contributed by atoms with Crippen molar-refractivity contribution in [1.82, 2.24) is 0 Å². The Kier molecular flexibility index (Phi) is 5.43. The third-order valence-electron chi connectivity index (χ3n) is 1.04. The fourth-order valence-corrected chi connectivity index (χ4v) is 0.472. The van der Waals surface area contributed by atoms with Gasteiger partial charge >= 0.3 is 0 Å². The second kappa shape index (κ2) is 6.40. The second-order valence-corrected chi connectivity index (χ2v) is 2.24. The van der Waals surface area contributed by atoms with Crippen LogP contribution >= 0.6 is 0 Å². The molecule has 0 aliphatic heterocycles. The van der Waals surface area contributed by atoms with E-state index in [0.29, 0.717) is 12.1 Å². The van der Waals surface area contributed by atoms with Gasteiger partial charge in [0.25, 0.3) is 0 Å². The van der Waals surface area contributed by atoms with E-state index in [0.717, 1.165) is 0 Å². The minimum Gasteiger partial charge on any atom is -0.369 e. The molecule has 0 heterocycles. The molecular weight excluding hydrogens is 184 g/mol. The van der Waals surface area contributed by atoms with Crippen molar-refractivity contribution in [2.75, 3.05) is 0 Å². The minimum atomic E-state index is -0.126. The molecule has 0 rings (SSSR count). The molecule has 0 aliphatic rings. The maximum atomic E-state index is 5.08. The van der Waals surface area contributed by atoms with Gasteiger partial charge in [-0.2, -0.15) is 10.2 Å². The molecular formula is C6H14N8. The summed E-state index contributed by atoms with van der Waals surface area (Å²) in [6, 6.07) is 0. The third kappa shape index (κ3) is 6.58. The Morgan fingerprint density at radius 1 is 1.00 bits per heavy atom. The van der Waals surface area contributed by atoms with E-state index in [9.17, 15) is 0 Å². The van der Waals surface area contributed by atoms with Crippen molar-refractivity contribution in [2.24, 2.45) is 43.3 Å². The van der Waals surface area contributed by atoms with Crippen LogP contribution in [0.25, 0.3) is 0 Å². The van der Waals surface area contributed by atoms with Gasteiger partial charge < -0.3 is 22.9 Å². The normalized spacial score (nSPS) is 11.4. The number of rotatable bonds is 4. The summed E-state index contributed by atoms with van der Waals surface area (Å²) < 4.78 is 0. The molecule has 14 heavy (non-hydrogen) atoms. The molecule has 78 valence electrons. The van der Waals surface area contributed by atoms with Crippen molar-refractivity contribution in [2.45, 2.75) is 13.3 Å². The Labute approximate surface area is 81.4 Å². The lowest BCUT2D eigenvalue weighted by molar-refractivity contribution is 1.16. The van der Waals surface area contributed by atoms with Crippen LogP contribution in [0.3, 0.4) is 0 Å². The van der Waals surface area contributed by atoms with Crippen LogP contribution in [0.15, 0.2) is 20.4 Å². The molecule has 0 fully saturated rings. The average Bonchev–Trinajstić information content (AvgIpc) is 2.10. The first-order valence-corrected chi connectivity index (χ1v) is 3.83. The van der Waals surface area contributed by atoms with Crippen LogP contribution in [0, 0.1) is 0 Å². The van der Waals surface area contributed by atoms with Crippen LogP contribution in [0.4, 0.5) is 0 Å². The Balaban J connectivity index is 4.44. The van der Waals surface area contributed by atoms with Crippen molar-refractivity contribution in [3.63, 3.8) is 0 Å². The number of nitrogens with zero attached hydrogens (tertiary/aromatic N) is 4. The highest BCUT2D eigenvalue weighted by Gasteiger charge is 1.89. The van der Waals surface area contributed by atoms with Crippen molar-refractivity contribution in [3.8, 4) is 0 Å². The summed E-state index contributed by atoms with van der Waals surface area (Å²) in [4.78, 5) is 0. The van der Waals surface area contributed by atoms with Crippen LogP contribution in [-0.4, -0.2) is 23.8 Å². The monoisotopic (exact) mass is 198 g/mol. The molecule has 0 aromatic rings. The standard InChI is InChI=1S/C6H14N8/c1-2-4(12-14-6(9)10)3-11-13-5(7)8/h3H,2H2,1H3,(H4,7,8,13)(H4,9,10,14)/b11-3-,12-4-. The number of hydrogen-bond donors (Lipinski definition) is 4. The highest BCUT2D eigenvalue weighted by Crippen LogP contribution is 1.84. The van der Waals surface area contributed by atoms with E-state index in [1.54, 1.807) is 0 Å². The van der Waals surface area contributed by atoms with Crippen LogP contribution in [0.1, 0.15) is 13.3 Å². The van der Waals surface area contributed by atoms with E-state index in [1.165, 1.54) is 6.21 Å². The molecule has 8 nitrogen and oxygen atoms in total. The van der Waals surface area contributed by atoms with E-state index in [4.69, 9.17) is 22.9 Å². The molecule has 0 aromatic heterocycles. The van der Waals surface area contributed by atoms with Crippen molar-refractivity contribution in [1.29, 1.82) is 0 Å². The van der Waals surface area contributed by atoms with Gasteiger partial charge in [0.2, 0.25) is 11.9 Å². The average molecular weight is 198 g/mol. The zero-order valence-corrected chi connectivity index (χ0v) is 7.88. The van der Waals surface area contributed by atoms with E-state index in [2.05, 4.69) is 20.4 Å². The molecule has 0 bridgehead atoms. The first-order valence-electron chi connectivity index (χ1n) is 3.83. The van der Waals surface area contributed by atoms with E-state index in [-0.39, 0.29) is 11.9 Å². The second-order valence-electron chi connectivity index (χ2n) is 2.24. The summed E-state index contributed by atoms with van der Waals surface area (Å²) >= 11 is 0. The van der Waals surface area contributed by atoms with Gasteiger partial charge in [-0.25, -0.2) is 0 Å². The number of hydrogen-bond acceptors (Lipinski definition) is 4. The Morgan fingerprint density at radius 3 is 2.00 bits per heavy atom. The third-order valence-corrected chi connectivity index (χ3v) is 1.04. The topological polar surface area (TPSA) is 154 Å². The molecule has 0 saturated carbocycles. The quantitative estimate of drug-likeness (QED) is 0.241. The van der Waals surface area contributed by atoms with Gasteiger partial charge in [0.05, 0.1) is 11.9 Å². The first kappa shape index (κ1) is 11.9. The highest BCUT2D eigenvalue weighted by atomic mass is 15.3. The van der Waals surface area contributed by atoms with Crippen LogP contribution in [-0.2, 0) is 0 Å². The van der Waals surface area contributed by atoms with Crippen molar-refractivity contribution in [3.05, 3.63) is 0 Å². The van der Waals surface area contributed by atoms with E-state index >= 15 is 0 Å². The fourth-order valence-electron chi connectivity index (χ4n) is 0.472. The fraction of sp³-hybridized carbons (Fsp3) is 0.333. The van der Waals surface area contributed by atoms with Crippen molar-refractivity contribution >= 4 is 23.8 Å². The van der Waals surface area contributed by atoms with Crippen LogP contribution in [0.5, 0.6) is 0 Å². The lowest BCUT2D eigenvalue weighted by Gasteiger charge is -1.91. The molecule has 0 amide bonds. The first-order chi connectivity index (χ1) is 6.56. The molecule has 8 N–H and O–H groups in total. The maximum absolute atomic E-state index is 5.08. The predicted molar refractivity (Wildman–Crippen MR) is 57.8 cm³/mol. The largest absolute Gasteiger partial charge is 0.369 e. The Hall–Kier alpha value is -2.12. The lowest BCUT2D eigenvalue weighted by Crippen LogP contribution is -2.22. The zero-order chi connectivity index (χ0) is 11.0. The Bertz CT molecular complexity index is 278. The number of nitrogens with two attached hydrogens (primary N) is 4. The molecule has 0 radical (unpaired) electrons. The summed E-state index contributed by atoms with van der Waals surface area (Å²) in [7, 11) is 0. The summed E-state index contributed by atoms with van der Waals surface area (Å²) in [5.41, 5.74) is 20.8. The van der Waals surface area contributed by atoms with Gasteiger partial charge in [0, 0.05) is 0 Å². The van der Waals surface area contributed by atoms with E-state index < -0.39 is 0 Å². The summed E-state index contributed by atoms with van der Waals surface area (Å²) in [6.07, 6.45) is 1.98.